The molecule has 0 amide bonds. The molecule has 13 heteroatoms. The SMILES string of the molecule is c1ccc(-c2cc(-c3ccccc3)nc(-n3c4ccccc4c4cc(-c5ccc6c(c5)c5ncccc5n6-c5ccccc5)ccc43)c2)cc1.c1ccc(-c2cc(-n3c4ccccc4c4cc(-c5ccc6c(c5)c5ncccc5n6-c5ccccc5)ccc43)cc(-c3ccccc3)n2)cc1.c1ccc(-n2c3ccc(-c4ccc5c(c4)c4ccccc4n5-c4cc(-c5ccccn5)cc(-c5ccccn5)c4)cc3c3ncccc32)cc1. The lowest BCUT2D eigenvalue weighted by molar-refractivity contribution is 1.08. The minimum absolute atomic E-state index is 0.894. The standard InChI is InChI=1S/2C46H30N4.C45H29N5/c1-4-13-31(14-5-1)35-29-40(32-15-6-2-7-16-32)48-45(30-35)50-41-20-11-10-19-37(41)38-27-33(22-24-42(38)50)34-23-25-43-39(28-34)46-44(21-12-26-47-46)49(43)36-17-8-3-9-18-36;1-4-13-31(14-5-1)40-29-36(30-41(48-40)32-15-6-2-7-16-32)50-42-20-11-10-19-37(42)38-27-33(22-24-43(38)50)34-23-25-44-39(28-34)46-45(21-12-26-47-46)49(44)35-17-8-3-9-18-35;1-2-11-34(12-3-1)49-43-21-19-31(29-38(43)45-44(49)17-10-24-48-45)30-18-20-42-37(28-30)36-13-4-5-16-41(36)50(42)35-26-32(39-14-6-8-22-46-39)25-33(27-35)40-15-7-9-23-47-40/h2*1-30H;1-29H. The maximum absolute atomic E-state index is 5.30. The van der Waals surface area contributed by atoms with Gasteiger partial charge < -0.3 is 22.8 Å². The van der Waals surface area contributed by atoms with Crippen molar-refractivity contribution >= 4 is 131 Å². The first kappa shape index (κ1) is 87.4. The van der Waals surface area contributed by atoms with Crippen LogP contribution in [0.15, 0.2) is 541 Å². The molecule has 30 aromatic rings. The maximum Gasteiger partial charge on any atom is 0.138 e. The average molecular weight is 1920 g/mol. The monoisotopic (exact) mass is 1920 g/mol. The van der Waals surface area contributed by atoms with Gasteiger partial charge in [-0.1, -0.05) is 279 Å². The van der Waals surface area contributed by atoms with Crippen LogP contribution in [0.4, 0.5) is 0 Å². The molecule has 30 rings (SSSR count). The third-order valence-corrected chi connectivity index (χ3v) is 29.1. The third kappa shape index (κ3) is 15.5. The number of nitrogens with zero attached hydrogens (tertiary/aromatic N) is 13. The first-order chi connectivity index (χ1) is 74.4. The van der Waals surface area contributed by atoms with Crippen molar-refractivity contribution in [3.8, 4) is 135 Å². The van der Waals surface area contributed by atoms with E-state index in [-0.39, 0.29) is 0 Å². The minimum Gasteiger partial charge on any atom is -0.309 e. The van der Waals surface area contributed by atoms with E-state index in [0.717, 1.165) is 228 Å². The van der Waals surface area contributed by atoms with Crippen LogP contribution in [0.5, 0.6) is 0 Å². The van der Waals surface area contributed by atoms with E-state index in [4.69, 9.17) is 34.9 Å². The molecule has 0 aliphatic carbocycles. The summed E-state index contributed by atoms with van der Waals surface area (Å²) in [5.41, 5.74) is 41.4. The number of pyridine rings is 7. The van der Waals surface area contributed by atoms with Crippen molar-refractivity contribution in [2.45, 2.75) is 0 Å². The molecule has 0 aliphatic heterocycles. The number of hydrogen-bond donors (Lipinski definition) is 0. The van der Waals surface area contributed by atoms with Gasteiger partial charge in [-0.05, 0) is 275 Å². The molecule has 150 heavy (non-hydrogen) atoms. The Morgan fingerprint density at radius 2 is 0.387 bits per heavy atom. The van der Waals surface area contributed by atoms with Gasteiger partial charge >= 0.3 is 0 Å². The smallest absolute Gasteiger partial charge is 0.138 e. The Morgan fingerprint density at radius 1 is 0.120 bits per heavy atom. The van der Waals surface area contributed by atoms with Crippen LogP contribution < -0.4 is 0 Å². The van der Waals surface area contributed by atoms with Crippen molar-refractivity contribution in [1.82, 2.24) is 62.3 Å². The van der Waals surface area contributed by atoms with Crippen LogP contribution in [0.1, 0.15) is 0 Å². The van der Waals surface area contributed by atoms with E-state index >= 15 is 0 Å². The normalized spacial score (nSPS) is 11.6. The Morgan fingerprint density at radius 3 is 0.740 bits per heavy atom. The van der Waals surface area contributed by atoms with Gasteiger partial charge in [0.1, 0.15) is 5.82 Å². The third-order valence-electron chi connectivity index (χ3n) is 29.1. The van der Waals surface area contributed by atoms with E-state index in [1.807, 2.05) is 91.6 Å². The van der Waals surface area contributed by atoms with Crippen LogP contribution in [0.25, 0.3) is 266 Å². The van der Waals surface area contributed by atoms with Crippen molar-refractivity contribution in [1.29, 1.82) is 0 Å². The summed E-state index contributed by atoms with van der Waals surface area (Å²) in [5.74, 6) is 0.894. The topological polar surface area (TPSA) is 120 Å². The molecule has 0 radical (unpaired) electrons. The van der Waals surface area contributed by atoms with Gasteiger partial charge in [0, 0.05) is 130 Å². The molecule has 0 saturated carbocycles. The van der Waals surface area contributed by atoms with Crippen LogP contribution in [-0.4, -0.2) is 62.3 Å². The molecule has 13 nitrogen and oxygen atoms in total. The number of aromatic nitrogens is 13. The minimum atomic E-state index is 0.894. The van der Waals surface area contributed by atoms with E-state index in [1.165, 1.54) is 37.9 Å². The lowest BCUT2D eigenvalue weighted by atomic mass is 10.0. The van der Waals surface area contributed by atoms with Gasteiger partial charge in [-0.2, -0.15) is 0 Å². The number of hydrogen-bond acceptors (Lipinski definition) is 7. The quantitative estimate of drug-likeness (QED) is 0.100. The first-order valence-electron chi connectivity index (χ1n) is 50.6. The molecule has 0 atom stereocenters. The summed E-state index contributed by atoms with van der Waals surface area (Å²) in [6.45, 7) is 0. The molecule has 0 bridgehead atoms. The maximum atomic E-state index is 5.30. The van der Waals surface area contributed by atoms with Crippen LogP contribution in [0, 0.1) is 0 Å². The number of benzene rings is 17. The summed E-state index contributed by atoms with van der Waals surface area (Å²) in [7, 11) is 0. The molecule has 0 N–H and O–H groups in total. The Hall–Kier alpha value is -20.4. The Bertz CT molecular complexity index is 9320. The van der Waals surface area contributed by atoms with Crippen LogP contribution in [-0.2, 0) is 0 Å². The van der Waals surface area contributed by atoms with Gasteiger partial charge in [-0.15, -0.1) is 0 Å². The van der Waals surface area contributed by atoms with Gasteiger partial charge in [0.25, 0.3) is 0 Å². The Kier molecular flexibility index (Phi) is 21.6. The highest BCUT2D eigenvalue weighted by atomic mass is 15.1. The van der Waals surface area contributed by atoms with Gasteiger partial charge in [0.05, 0.1) is 117 Å². The van der Waals surface area contributed by atoms with Gasteiger partial charge in [-0.3, -0.25) is 29.5 Å². The van der Waals surface area contributed by atoms with Crippen LogP contribution in [0.2, 0.25) is 0 Å². The molecular weight excluding hydrogens is 1830 g/mol. The van der Waals surface area contributed by atoms with Crippen molar-refractivity contribution in [3.05, 3.63) is 541 Å². The molecule has 13 heterocycles. The molecule has 0 aliphatic rings. The van der Waals surface area contributed by atoms with Crippen molar-refractivity contribution < 1.29 is 0 Å². The highest BCUT2D eigenvalue weighted by Crippen LogP contribution is 2.46. The largest absolute Gasteiger partial charge is 0.309 e. The lowest BCUT2D eigenvalue weighted by Gasteiger charge is -2.13. The van der Waals surface area contributed by atoms with E-state index in [9.17, 15) is 0 Å². The van der Waals surface area contributed by atoms with Crippen molar-refractivity contribution in [2.75, 3.05) is 0 Å². The second kappa shape index (κ2) is 37.1. The van der Waals surface area contributed by atoms with E-state index in [1.54, 1.807) is 0 Å². The summed E-state index contributed by atoms with van der Waals surface area (Å²) in [4.78, 5) is 34.4. The van der Waals surface area contributed by atoms with E-state index < -0.39 is 0 Å². The summed E-state index contributed by atoms with van der Waals surface area (Å²) < 4.78 is 14.0. The second-order valence-corrected chi connectivity index (χ2v) is 37.9. The molecule has 0 fully saturated rings. The molecule has 0 saturated heterocycles. The zero-order valence-corrected chi connectivity index (χ0v) is 81.2. The molecule has 17 aromatic carbocycles. The zero-order valence-electron chi connectivity index (χ0n) is 81.2. The van der Waals surface area contributed by atoms with Gasteiger partial charge in [-0.25, -0.2) is 9.97 Å². The first-order valence-corrected chi connectivity index (χ1v) is 50.6. The summed E-state index contributed by atoms with van der Waals surface area (Å²) >= 11 is 0. The van der Waals surface area contributed by atoms with E-state index in [2.05, 4.69) is 476 Å². The molecule has 13 aromatic heterocycles. The van der Waals surface area contributed by atoms with Crippen molar-refractivity contribution in [2.24, 2.45) is 0 Å². The molecule has 702 valence electrons. The number of para-hydroxylation sites is 6. The summed E-state index contributed by atoms with van der Waals surface area (Å²) in [6, 6.07) is 180. The Balaban J connectivity index is 0.000000108. The fourth-order valence-electron chi connectivity index (χ4n) is 22.3. The predicted molar refractivity (Wildman–Crippen MR) is 619 cm³/mol. The number of rotatable bonds is 15. The lowest BCUT2D eigenvalue weighted by Crippen LogP contribution is -2.00. The average Bonchev–Trinajstić information content (AvgIpc) is 1.59. The van der Waals surface area contributed by atoms with Crippen molar-refractivity contribution in [3.63, 3.8) is 0 Å². The van der Waals surface area contributed by atoms with Crippen LogP contribution in [0.3, 0.4) is 0 Å². The summed E-state index contributed by atoms with van der Waals surface area (Å²) in [5, 5.41) is 10.6. The number of fused-ring (bicyclic) bond motifs is 18. The summed E-state index contributed by atoms with van der Waals surface area (Å²) in [6.07, 6.45) is 9.34. The van der Waals surface area contributed by atoms with Gasteiger partial charge in [0.2, 0.25) is 0 Å². The second-order valence-electron chi connectivity index (χ2n) is 37.9. The molecule has 0 unspecified atom stereocenters. The predicted octanol–water partition coefficient (Wildman–Crippen LogP) is 34.4. The molecule has 0 spiro atoms. The highest BCUT2D eigenvalue weighted by molar-refractivity contribution is 6.17. The molecular formula is C137H89N13. The fraction of sp³-hybridized carbons (Fsp3) is 0. The Labute approximate surface area is 863 Å². The highest BCUT2D eigenvalue weighted by Gasteiger charge is 2.26. The van der Waals surface area contributed by atoms with Gasteiger partial charge in [0.15, 0.2) is 0 Å². The van der Waals surface area contributed by atoms with E-state index in [0.29, 0.717) is 0 Å². The van der Waals surface area contributed by atoms with Crippen LogP contribution >= 0.6 is 0 Å². The fourth-order valence-corrected chi connectivity index (χ4v) is 22.3. The zero-order chi connectivity index (χ0) is 99.1.